The SMILES string of the molecule is CC(C)=CCC[C@]1(C)CCC[C@]2(C=O)C(C=O)=C(C)CC[C@@H]12. The Hall–Kier alpha value is -1.18. The number of aldehydes is 2. The van der Waals surface area contributed by atoms with Crippen LogP contribution >= 0.6 is 0 Å². The van der Waals surface area contributed by atoms with Crippen LogP contribution < -0.4 is 0 Å². The van der Waals surface area contributed by atoms with Crippen LogP contribution in [0.4, 0.5) is 0 Å². The molecule has 2 nitrogen and oxygen atoms in total. The van der Waals surface area contributed by atoms with E-state index in [9.17, 15) is 9.59 Å². The van der Waals surface area contributed by atoms with Crippen LogP contribution in [0.3, 0.4) is 0 Å². The fourth-order valence-corrected chi connectivity index (χ4v) is 4.98. The van der Waals surface area contributed by atoms with Crippen LogP contribution in [0, 0.1) is 16.7 Å². The van der Waals surface area contributed by atoms with E-state index in [2.05, 4.69) is 26.8 Å². The van der Waals surface area contributed by atoms with Crippen molar-refractivity contribution in [3.8, 4) is 0 Å². The number of carbonyl (C=O) groups excluding carboxylic acids is 2. The smallest absolute Gasteiger partial charge is 0.146 e. The zero-order valence-electron chi connectivity index (χ0n) is 14.6. The van der Waals surface area contributed by atoms with Crippen molar-refractivity contribution in [2.24, 2.45) is 16.7 Å². The lowest BCUT2D eigenvalue weighted by molar-refractivity contribution is -0.127. The molecule has 0 spiro atoms. The molecule has 1 fully saturated rings. The molecule has 0 aromatic rings. The van der Waals surface area contributed by atoms with Crippen LogP contribution in [0.25, 0.3) is 0 Å². The molecule has 2 aliphatic carbocycles. The lowest BCUT2D eigenvalue weighted by Gasteiger charge is -2.54. The Morgan fingerprint density at radius 1 is 1.27 bits per heavy atom. The largest absolute Gasteiger partial charge is 0.302 e. The predicted molar refractivity (Wildman–Crippen MR) is 90.6 cm³/mol. The Morgan fingerprint density at radius 3 is 2.59 bits per heavy atom. The summed E-state index contributed by atoms with van der Waals surface area (Å²) in [5, 5.41) is 0. The van der Waals surface area contributed by atoms with Crippen LogP contribution in [0.5, 0.6) is 0 Å². The summed E-state index contributed by atoms with van der Waals surface area (Å²) in [5.41, 5.74) is 2.94. The molecule has 0 heterocycles. The Balaban J connectivity index is 2.36. The Morgan fingerprint density at radius 2 is 2.00 bits per heavy atom. The van der Waals surface area contributed by atoms with Crippen molar-refractivity contribution < 1.29 is 9.59 Å². The first-order valence-electron chi connectivity index (χ1n) is 8.65. The maximum absolute atomic E-state index is 12.1. The van der Waals surface area contributed by atoms with Gasteiger partial charge in [0.2, 0.25) is 0 Å². The quantitative estimate of drug-likeness (QED) is 0.527. The lowest BCUT2D eigenvalue weighted by Crippen LogP contribution is -2.49. The number of allylic oxidation sites excluding steroid dienone is 4. The van der Waals surface area contributed by atoms with Gasteiger partial charge in [-0.05, 0) is 70.6 Å². The van der Waals surface area contributed by atoms with Crippen molar-refractivity contribution >= 4 is 12.6 Å². The van der Waals surface area contributed by atoms with Gasteiger partial charge >= 0.3 is 0 Å². The lowest BCUT2D eigenvalue weighted by atomic mass is 9.49. The van der Waals surface area contributed by atoms with E-state index in [1.807, 2.05) is 6.92 Å². The molecule has 0 aromatic heterocycles. The van der Waals surface area contributed by atoms with E-state index in [1.54, 1.807) is 0 Å². The minimum atomic E-state index is -0.512. The summed E-state index contributed by atoms with van der Waals surface area (Å²) in [7, 11) is 0. The third kappa shape index (κ3) is 2.85. The zero-order chi connectivity index (χ0) is 16.4. The van der Waals surface area contributed by atoms with Crippen LogP contribution in [-0.4, -0.2) is 12.6 Å². The third-order valence-electron chi connectivity index (χ3n) is 6.17. The van der Waals surface area contributed by atoms with Gasteiger partial charge in [-0.25, -0.2) is 0 Å². The topological polar surface area (TPSA) is 34.1 Å². The molecule has 0 radical (unpaired) electrons. The highest BCUT2D eigenvalue weighted by molar-refractivity contribution is 5.86. The maximum atomic E-state index is 12.1. The number of fused-ring (bicyclic) bond motifs is 1. The Bertz CT molecular complexity index is 510. The van der Waals surface area contributed by atoms with Crippen LogP contribution in [0.1, 0.15) is 72.6 Å². The van der Waals surface area contributed by atoms with Gasteiger partial charge in [0.1, 0.15) is 12.6 Å². The zero-order valence-corrected chi connectivity index (χ0v) is 14.6. The van der Waals surface area contributed by atoms with Gasteiger partial charge in [-0.3, -0.25) is 4.79 Å². The summed E-state index contributed by atoms with van der Waals surface area (Å²) in [5.74, 6) is 0.320. The average molecular weight is 302 g/mol. The molecule has 2 rings (SSSR count). The Kier molecular flexibility index (Phi) is 5.09. The summed E-state index contributed by atoms with van der Waals surface area (Å²) in [4.78, 5) is 23.8. The molecule has 2 heteroatoms. The fraction of sp³-hybridized carbons (Fsp3) is 0.700. The first-order chi connectivity index (χ1) is 10.4. The van der Waals surface area contributed by atoms with Crippen molar-refractivity contribution in [3.63, 3.8) is 0 Å². The molecule has 0 bridgehead atoms. The van der Waals surface area contributed by atoms with Gasteiger partial charge in [0.25, 0.3) is 0 Å². The molecule has 0 aliphatic heterocycles. The van der Waals surface area contributed by atoms with Crippen molar-refractivity contribution in [3.05, 3.63) is 22.8 Å². The molecule has 0 unspecified atom stereocenters. The molecular weight excluding hydrogens is 272 g/mol. The van der Waals surface area contributed by atoms with Crippen LogP contribution in [0.2, 0.25) is 0 Å². The second kappa shape index (κ2) is 6.52. The van der Waals surface area contributed by atoms with Crippen LogP contribution in [-0.2, 0) is 9.59 Å². The van der Waals surface area contributed by atoms with E-state index in [0.717, 1.165) is 62.2 Å². The molecule has 122 valence electrons. The summed E-state index contributed by atoms with van der Waals surface area (Å²) < 4.78 is 0. The normalized spacial score (nSPS) is 34.8. The highest BCUT2D eigenvalue weighted by Gasteiger charge is 2.54. The van der Waals surface area contributed by atoms with Crippen molar-refractivity contribution in [2.45, 2.75) is 72.6 Å². The van der Waals surface area contributed by atoms with Crippen molar-refractivity contribution in [1.29, 1.82) is 0 Å². The average Bonchev–Trinajstić information content (AvgIpc) is 2.46. The first-order valence-corrected chi connectivity index (χ1v) is 8.65. The van der Waals surface area contributed by atoms with Gasteiger partial charge in [0.05, 0.1) is 5.41 Å². The first kappa shape index (κ1) is 17.2. The van der Waals surface area contributed by atoms with Crippen LogP contribution in [0.15, 0.2) is 22.8 Å². The number of rotatable bonds is 5. The number of hydrogen-bond donors (Lipinski definition) is 0. The maximum Gasteiger partial charge on any atom is 0.146 e. The minimum Gasteiger partial charge on any atom is -0.302 e. The van der Waals surface area contributed by atoms with Crippen molar-refractivity contribution in [2.75, 3.05) is 0 Å². The van der Waals surface area contributed by atoms with E-state index >= 15 is 0 Å². The van der Waals surface area contributed by atoms with E-state index in [0.29, 0.717) is 5.92 Å². The summed E-state index contributed by atoms with van der Waals surface area (Å²) in [6, 6.07) is 0. The second-order valence-corrected chi connectivity index (χ2v) is 7.89. The van der Waals surface area contributed by atoms with Gasteiger partial charge < -0.3 is 4.79 Å². The molecule has 0 amide bonds. The summed E-state index contributed by atoms with van der Waals surface area (Å²) in [6.07, 6.45) is 11.7. The highest BCUT2D eigenvalue weighted by Crippen LogP contribution is 2.59. The van der Waals surface area contributed by atoms with Gasteiger partial charge in [-0.1, -0.05) is 30.6 Å². The monoisotopic (exact) mass is 302 g/mol. The van der Waals surface area contributed by atoms with E-state index in [1.165, 1.54) is 12.0 Å². The number of carbonyl (C=O) groups is 2. The molecule has 0 saturated heterocycles. The van der Waals surface area contributed by atoms with Gasteiger partial charge in [0.15, 0.2) is 0 Å². The molecule has 0 N–H and O–H groups in total. The molecular formula is C20H30O2. The molecule has 2 aliphatic rings. The molecule has 3 atom stereocenters. The Labute approximate surface area is 135 Å². The molecule has 22 heavy (non-hydrogen) atoms. The highest BCUT2D eigenvalue weighted by atomic mass is 16.1. The van der Waals surface area contributed by atoms with E-state index in [-0.39, 0.29) is 5.41 Å². The summed E-state index contributed by atoms with van der Waals surface area (Å²) >= 11 is 0. The second-order valence-electron chi connectivity index (χ2n) is 7.89. The van der Waals surface area contributed by atoms with Crippen molar-refractivity contribution in [1.82, 2.24) is 0 Å². The van der Waals surface area contributed by atoms with Gasteiger partial charge in [0, 0.05) is 5.57 Å². The predicted octanol–water partition coefficient (Wildman–Crippen LogP) is 5.03. The van der Waals surface area contributed by atoms with E-state index in [4.69, 9.17) is 0 Å². The van der Waals surface area contributed by atoms with Gasteiger partial charge in [-0.15, -0.1) is 0 Å². The summed E-state index contributed by atoms with van der Waals surface area (Å²) in [6.45, 7) is 8.64. The fourth-order valence-electron chi connectivity index (χ4n) is 4.98. The molecule has 1 saturated carbocycles. The standard InChI is InChI=1S/C20H30O2/c1-15(2)7-5-10-19(4)11-6-12-20(14-22)17(13-21)16(3)8-9-18(19)20/h7,13-14,18H,5-6,8-12H2,1-4H3/t18-,19+,20-/m0/s1. The third-order valence-corrected chi connectivity index (χ3v) is 6.17. The molecule has 0 aromatic carbocycles. The number of hydrogen-bond acceptors (Lipinski definition) is 2. The van der Waals surface area contributed by atoms with Gasteiger partial charge in [-0.2, -0.15) is 0 Å². The van der Waals surface area contributed by atoms with E-state index < -0.39 is 5.41 Å². The minimum absolute atomic E-state index is 0.167.